The molecule has 0 fully saturated rings. The molecule has 0 spiro atoms. The Morgan fingerprint density at radius 2 is 2.17 bits per heavy atom. The lowest BCUT2D eigenvalue weighted by Crippen LogP contribution is -2.24. The van der Waals surface area contributed by atoms with E-state index >= 15 is 0 Å². The second-order valence-corrected chi connectivity index (χ2v) is 5.58. The average Bonchev–Trinajstić information content (AvgIpc) is 2.55. The van der Waals surface area contributed by atoms with Gasteiger partial charge in [-0.15, -0.1) is 0 Å². The molecule has 1 amide bonds. The van der Waals surface area contributed by atoms with Gasteiger partial charge in [0.05, 0.1) is 12.3 Å². The standard InChI is InChI=1S/C16H14Cl2N4O2/c1-2-24-16-11(7-19)13(20)6-14(22-16)15(23)21-8-9-5-10(17)3-4-12(9)18/h3-6H,2,8H2,1H3,(H2,20,22)(H,21,23). The van der Waals surface area contributed by atoms with Gasteiger partial charge in [-0.3, -0.25) is 4.79 Å². The number of anilines is 1. The largest absolute Gasteiger partial charge is 0.477 e. The van der Waals surface area contributed by atoms with Crippen molar-refractivity contribution in [2.24, 2.45) is 0 Å². The molecule has 0 radical (unpaired) electrons. The van der Waals surface area contributed by atoms with E-state index in [0.29, 0.717) is 22.2 Å². The van der Waals surface area contributed by atoms with E-state index in [1.165, 1.54) is 6.07 Å². The molecule has 2 aromatic rings. The third-order valence-electron chi connectivity index (χ3n) is 3.09. The van der Waals surface area contributed by atoms with Crippen molar-refractivity contribution in [2.75, 3.05) is 12.3 Å². The highest BCUT2D eigenvalue weighted by Crippen LogP contribution is 2.23. The summed E-state index contributed by atoms with van der Waals surface area (Å²) in [6.45, 7) is 2.21. The number of aromatic nitrogens is 1. The van der Waals surface area contributed by atoms with Crippen LogP contribution in [0.15, 0.2) is 24.3 Å². The number of nitrogens with zero attached hydrogens (tertiary/aromatic N) is 2. The maximum absolute atomic E-state index is 12.3. The normalized spacial score (nSPS) is 10.1. The number of rotatable bonds is 5. The van der Waals surface area contributed by atoms with Crippen molar-refractivity contribution < 1.29 is 9.53 Å². The van der Waals surface area contributed by atoms with Crippen molar-refractivity contribution in [1.29, 1.82) is 5.26 Å². The number of amides is 1. The lowest BCUT2D eigenvalue weighted by molar-refractivity contribution is 0.0945. The van der Waals surface area contributed by atoms with Gasteiger partial charge in [0.2, 0.25) is 5.88 Å². The minimum Gasteiger partial charge on any atom is -0.477 e. The lowest BCUT2D eigenvalue weighted by atomic mass is 10.2. The van der Waals surface area contributed by atoms with Crippen molar-refractivity contribution in [2.45, 2.75) is 13.5 Å². The molecule has 1 heterocycles. The fourth-order valence-electron chi connectivity index (χ4n) is 1.96. The van der Waals surface area contributed by atoms with Crippen LogP contribution < -0.4 is 15.8 Å². The SMILES string of the molecule is CCOc1nc(C(=O)NCc2cc(Cl)ccc2Cl)cc(N)c1C#N. The van der Waals surface area contributed by atoms with Gasteiger partial charge in [0, 0.05) is 16.6 Å². The Morgan fingerprint density at radius 1 is 1.42 bits per heavy atom. The molecule has 3 N–H and O–H groups in total. The Bertz CT molecular complexity index is 818. The average molecular weight is 365 g/mol. The molecule has 24 heavy (non-hydrogen) atoms. The minimum atomic E-state index is -0.469. The quantitative estimate of drug-likeness (QED) is 0.848. The second kappa shape index (κ2) is 7.86. The Hall–Kier alpha value is -2.49. The van der Waals surface area contributed by atoms with Gasteiger partial charge in [0.25, 0.3) is 5.91 Å². The van der Waals surface area contributed by atoms with Crippen LogP contribution in [0, 0.1) is 11.3 Å². The number of nitriles is 1. The van der Waals surface area contributed by atoms with E-state index in [-0.39, 0.29) is 29.4 Å². The van der Waals surface area contributed by atoms with Gasteiger partial charge in [-0.05, 0) is 36.8 Å². The summed E-state index contributed by atoms with van der Waals surface area (Å²) in [5.74, 6) is -0.436. The number of pyridine rings is 1. The van der Waals surface area contributed by atoms with E-state index in [1.807, 2.05) is 6.07 Å². The van der Waals surface area contributed by atoms with E-state index in [4.69, 9.17) is 38.9 Å². The third kappa shape index (κ3) is 4.07. The molecule has 1 aromatic heterocycles. The van der Waals surface area contributed by atoms with E-state index in [1.54, 1.807) is 25.1 Å². The Kier molecular flexibility index (Phi) is 5.85. The van der Waals surface area contributed by atoms with Gasteiger partial charge in [-0.2, -0.15) is 5.26 Å². The predicted octanol–water partition coefficient (Wildman–Crippen LogP) is 3.17. The van der Waals surface area contributed by atoms with Crippen LogP contribution in [0.5, 0.6) is 5.88 Å². The van der Waals surface area contributed by atoms with Crippen molar-refractivity contribution in [3.05, 3.63) is 51.1 Å². The molecule has 0 saturated carbocycles. The molecule has 1 aromatic carbocycles. The van der Waals surface area contributed by atoms with Gasteiger partial charge in [-0.25, -0.2) is 4.98 Å². The highest BCUT2D eigenvalue weighted by Gasteiger charge is 2.16. The highest BCUT2D eigenvalue weighted by molar-refractivity contribution is 6.33. The summed E-state index contributed by atoms with van der Waals surface area (Å²) in [7, 11) is 0. The van der Waals surface area contributed by atoms with Crippen LogP contribution in [-0.4, -0.2) is 17.5 Å². The van der Waals surface area contributed by atoms with Crippen molar-refractivity contribution in [1.82, 2.24) is 10.3 Å². The highest BCUT2D eigenvalue weighted by atomic mass is 35.5. The zero-order valence-electron chi connectivity index (χ0n) is 12.8. The Balaban J connectivity index is 2.21. The van der Waals surface area contributed by atoms with Gasteiger partial charge in [-0.1, -0.05) is 23.2 Å². The van der Waals surface area contributed by atoms with Crippen LogP contribution in [-0.2, 0) is 6.54 Å². The molecule has 0 saturated heterocycles. The fraction of sp³-hybridized carbons (Fsp3) is 0.188. The number of nitrogen functional groups attached to an aromatic ring is 1. The smallest absolute Gasteiger partial charge is 0.270 e. The van der Waals surface area contributed by atoms with E-state index in [2.05, 4.69) is 10.3 Å². The fourth-order valence-corrected chi connectivity index (χ4v) is 2.33. The number of carbonyl (C=O) groups excluding carboxylic acids is 1. The Labute approximate surface area is 149 Å². The molecule has 0 bridgehead atoms. The maximum Gasteiger partial charge on any atom is 0.270 e. The van der Waals surface area contributed by atoms with Crippen molar-refractivity contribution in [3.8, 4) is 11.9 Å². The zero-order valence-corrected chi connectivity index (χ0v) is 14.3. The van der Waals surface area contributed by atoms with Crippen LogP contribution in [0.25, 0.3) is 0 Å². The zero-order chi connectivity index (χ0) is 17.7. The summed E-state index contributed by atoms with van der Waals surface area (Å²) in [5.41, 5.74) is 6.74. The molecule has 6 nitrogen and oxygen atoms in total. The van der Waals surface area contributed by atoms with Crippen LogP contribution >= 0.6 is 23.2 Å². The minimum absolute atomic E-state index is 0.0333. The summed E-state index contributed by atoms with van der Waals surface area (Å²) in [4.78, 5) is 16.3. The number of hydrogen-bond donors (Lipinski definition) is 2. The number of carbonyl (C=O) groups is 1. The van der Waals surface area contributed by atoms with E-state index in [0.717, 1.165) is 0 Å². The van der Waals surface area contributed by atoms with Crippen molar-refractivity contribution >= 4 is 34.8 Å². The van der Waals surface area contributed by atoms with Crippen LogP contribution in [0.3, 0.4) is 0 Å². The molecule has 0 aliphatic heterocycles. The van der Waals surface area contributed by atoms with Crippen LogP contribution in [0.4, 0.5) is 5.69 Å². The van der Waals surface area contributed by atoms with Crippen molar-refractivity contribution in [3.63, 3.8) is 0 Å². The number of hydrogen-bond acceptors (Lipinski definition) is 5. The topological polar surface area (TPSA) is 101 Å². The number of nitrogens with two attached hydrogens (primary N) is 1. The summed E-state index contributed by atoms with van der Waals surface area (Å²) >= 11 is 12.0. The molecule has 2 rings (SSSR count). The number of ether oxygens (including phenoxy) is 1. The molecule has 0 aliphatic rings. The van der Waals surface area contributed by atoms with E-state index < -0.39 is 5.91 Å². The molecule has 0 unspecified atom stereocenters. The van der Waals surface area contributed by atoms with Gasteiger partial charge in [0.15, 0.2) is 0 Å². The summed E-state index contributed by atoms with van der Waals surface area (Å²) < 4.78 is 5.26. The van der Waals surface area contributed by atoms with Crippen LogP contribution in [0.1, 0.15) is 28.5 Å². The van der Waals surface area contributed by atoms with Gasteiger partial charge >= 0.3 is 0 Å². The lowest BCUT2D eigenvalue weighted by Gasteiger charge is -2.10. The monoisotopic (exact) mass is 364 g/mol. The molecular formula is C16H14Cl2N4O2. The van der Waals surface area contributed by atoms with E-state index in [9.17, 15) is 4.79 Å². The number of halogens is 2. The van der Waals surface area contributed by atoms with Gasteiger partial charge in [0.1, 0.15) is 17.3 Å². The van der Waals surface area contributed by atoms with Crippen LogP contribution in [0.2, 0.25) is 10.0 Å². The number of benzene rings is 1. The molecule has 124 valence electrons. The Morgan fingerprint density at radius 3 is 2.83 bits per heavy atom. The second-order valence-electron chi connectivity index (χ2n) is 4.74. The summed E-state index contributed by atoms with van der Waals surface area (Å²) in [6, 6.07) is 8.21. The first-order chi connectivity index (χ1) is 11.5. The molecule has 0 aliphatic carbocycles. The number of nitrogens with one attached hydrogen (secondary N) is 1. The first-order valence-corrected chi connectivity index (χ1v) is 7.77. The first-order valence-electron chi connectivity index (χ1n) is 7.01. The maximum atomic E-state index is 12.3. The first kappa shape index (κ1) is 17.9. The summed E-state index contributed by atoms with van der Waals surface area (Å²) in [5, 5.41) is 12.8. The predicted molar refractivity (Wildman–Crippen MR) is 92.2 cm³/mol. The molecule has 0 atom stereocenters. The summed E-state index contributed by atoms with van der Waals surface area (Å²) in [6.07, 6.45) is 0. The van der Waals surface area contributed by atoms with Gasteiger partial charge < -0.3 is 15.8 Å². The third-order valence-corrected chi connectivity index (χ3v) is 3.69. The molecular weight excluding hydrogens is 351 g/mol. The molecule has 8 heteroatoms.